The van der Waals surface area contributed by atoms with Crippen LogP contribution in [-0.2, 0) is 14.3 Å². The monoisotopic (exact) mass is 271 g/mol. The number of carbonyl (C=O) groups excluding carboxylic acids is 2. The second kappa shape index (κ2) is 7.07. The number of nitrogens with two attached hydrogens (primary N) is 1. The zero-order valence-corrected chi connectivity index (χ0v) is 11.2. The second-order valence-electron chi connectivity index (χ2n) is 3.75. The van der Waals surface area contributed by atoms with Crippen molar-refractivity contribution in [2.75, 3.05) is 13.2 Å². The maximum Gasteiger partial charge on any atom is 0.332 e. The van der Waals surface area contributed by atoms with E-state index in [1.807, 2.05) is 12.3 Å². The third-order valence-corrected chi connectivity index (χ3v) is 3.29. The Morgan fingerprint density at radius 2 is 2.33 bits per heavy atom. The van der Waals surface area contributed by atoms with Crippen molar-refractivity contribution in [2.45, 2.75) is 25.8 Å². The molecule has 1 amide bonds. The van der Waals surface area contributed by atoms with Crippen molar-refractivity contribution in [1.82, 2.24) is 10.3 Å². The Kier molecular flexibility index (Phi) is 5.73. The fraction of sp³-hybridized carbons (Fsp3) is 0.545. The Morgan fingerprint density at radius 1 is 1.61 bits per heavy atom. The molecule has 0 bridgehead atoms. The first-order valence-electron chi connectivity index (χ1n) is 5.65. The Balaban J connectivity index is 2.39. The minimum absolute atomic E-state index is 0.0864. The first-order valence-corrected chi connectivity index (χ1v) is 6.53. The summed E-state index contributed by atoms with van der Waals surface area (Å²) in [6.45, 7) is 4.19. The summed E-state index contributed by atoms with van der Waals surface area (Å²) < 4.78 is 4.67. The summed E-state index contributed by atoms with van der Waals surface area (Å²) in [6, 6.07) is -1.27. The van der Waals surface area contributed by atoms with Gasteiger partial charge in [0.25, 0.3) is 0 Å². The van der Waals surface area contributed by atoms with Crippen molar-refractivity contribution in [2.24, 2.45) is 5.73 Å². The standard InChI is InChI=1S/C11H17N3O3S/c1-3-17-11(16)8(12)9(15)14-6-7(2)10-13-4-5-18-10/h4-5,7-8H,3,6,12H2,1-2H3,(H,14,15). The predicted octanol–water partition coefficient (Wildman–Crippen LogP) is 0.253. The van der Waals surface area contributed by atoms with Crippen molar-refractivity contribution in [1.29, 1.82) is 0 Å². The Labute approximate surface area is 110 Å². The lowest BCUT2D eigenvalue weighted by Gasteiger charge is -2.13. The molecule has 0 saturated carbocycles. The van der Waals surface area contributed by atoms with Crippen LogP contribution in [0.25, 0.3) is 0 Å². The van der Waals surface area contributed by atoms with E-state index in [1.165, 1.54) is 11.3 Å². The highest BCUT2D eigenvalue weighted by molar-refractivity contribution is 7.09. The van der Waals surface area contributed by atoms with Crippen LogP contribution < -0.4 is 11.1 Å². The van der Waals surface area contributed by atoms with E-state index < -0.39 is 17.9 Å². The summed E-state index contributed by atoms with van der Waals surface area (Å²) in [5.41, 5.74) is 5.45. The van der Waals surface area contributed by atoms with Gasteiger partial charge in [0.15, 0.2) is 6.04 Å². The molecule has 1 rings (SSSR count). The lowest BCUT2D eigenvalue weighted by atomic mass is 10.2. The van der Waals surface area contributed by atoms with Crippen LogP contribution >= 0.6 is 11.3 Å². The number of hydrogen-bond acceptors (Lipinski definition) is 6. The number of thiazole rings is 1. The molecule has 1 aromatic heterocycles. The molecule has 3 N–H and O–H groups in total. The topological polar surface area (TPSA) is 94.3 Å². The quantitative estimate of drug-likeness (QED) is 0.571. The third kappa shape index (κ3) is 4.08. The number of esters is 1. The highest BCUT2D eigenvalue weighted by atomic mass is 32.1. The Hall–Kier alpha value is -1.47. The largest absolute Gasteiger partial charge is 0.464 e. The Bertz CT molecular complexity index is 394. The fourth-order valence-electron chi connectivity index (χ4n) is 1.27. The van der Waals surface area contributed by atoms with Gasteiger partial charge in [-0.15, -0.1) is 11.3 Å². The van der Waals surface area contributed by atoms with E-state index in [1.54, 1.807) is 13.1 Å². The normalized spacial score (nSPS) is 13.7. The molecule has 0 spiro atoms. The number of ether oxygens (including phenoxy) is 1. The van der Waals surface area contributed by atoms with E-state index in [9.17, 15) is 9.59 Å². The van der Waals surface area contributed by atoms with Gasteiger partial charge in [0.05, 0.1) is 11.6 Å². The maximum atomic E-state index is 11.6. The third-order valence-electron chi connectivity index (χ3n) is 2.28. The van der Waals surface area contributed by atoms with Crippen LogP contribution in [0.5, 0.6) is 0 Å². The SMILES string of the molecule is CCOC(=O)C(N)C(=O)NCC(C)c1nccs1. The molecule has 0 aliphatic heterocycles. The van der Waals surface area contributed by atoms with Crippen LogP contribution in [0.3, 0.4) is 0 Å². The van der Waals surface area contributed by atoms with Crippen molar-refractivity contribution < 1.29 is 14.3 Å². The average Bonchev–Trinajstić information content (AvgIpc) is 2.88. The van der Waals surface area contributed by atoms with Gasteiger partial charge < -0.3 is 15.8 Å². The molecule has 0 aromatic carbocycles. The number of hydrogen-bond donors (Lipinski definition) is 2. The zero-order chi connectivity index (χ0) is 13.5. The van der Waals surface area contributed by atoms with Gasteiger partial charge in [-0.1, -0.05) is 6.92 Å². The molecule has 7 heteroatoms. The molecule has 100 valence electrons. The molecule has 1 aromatic rings. The van der Waals surface area contributed by atoms with Crippen molar-refractivity contribution in [3.05, 3.63) is 16.6 Å². The number of amides is 1. The number of aromatic nitrogens is 1. The Morgan fingerprint density at radius 3 is 2.89 bits per heavy atom. The van der Waals surface area contributed by atoms with Gasteiger partial charge in [0.1, 0.15) is 0 Å². The highest BCUT2D eigenvalue weighted by Gasteiger charge is 2.23. The number of rotatable bonds is 6. The van der Waals surface area contributed by atoms with Gasteiger partial charge in [-0.2, -0.15) is 0 Å². The summed E-state index contributed by atoms with van der Waals surface area (Å²) >= 11 is 1.52. The van der Waals surface area contributed by atoms with Crippen molar-refractivity contribution >= 4 is 23.2 Å². The molecule has 0 aliphatic rings. The summed E-state index contributed by atoms with van der Waals surface area (Å²) in [5.74, 6) is -1.16. The molecule has 18 heavy (non-hydrogen) atoms. The van der Waals surface area contributed by atoms with Crippen LogP contribution in [0.15, 0.2) is 11.6 Å². The van der Waals surface area contributed by atoms with Crippen molar-refractivity contribution in [3.8, 4) is 0 Å². The molecular formula is C11H17N3O3S. The summed E-state index contributed by atoms with van der Waals surface area (Å²) in [6.07, 6.45) is 1.71. The maximum absolute atomic E-state index is 11.6. The van der Waals surface area contributed by atoms with Gasteiger partial charge in [-0.05, 0) is 6.92 Å². The molecule has 0 aliphatic carbocycles. The first kappa shape index (κ1) is 14.6. The summed E-state index contributed by atoms with van der Waals surface area (Å²) in [4.78, 5) is 27.0. The molecule has 0 saturated heterocycles. The lowest BCUT2D eigenvalue weighted by molar-refractivity contribution is -0.147. The average molecular weight is 271 g/mol. The van der Waals surface area contributed by atoms with Crippen molar-refractivity contribution in [3.63, 3.8) is 0 Å². The van der Waals surface area contributed by atoms with Gasteiger partial charge in [-0.3, -0.25) is 4.79 Å². The summed E-state index contributed by atoms with van der Waals surface area (Å²) in [7, 11) is 0. The van der Waals surface area contributed by atoms with Crippen LogP contribution in [0, 0.1) is 0 Å². The lowest BCUT2D eigenvalue weighted by Crippen LogP contribution is -2.47. The number of nitrogens with one attached hydrogen (secondary N) is 1. The number of carbonyl (C=O) groups is 2. The minimum Gasteiger partial charge on any atom is -0.464 e. The molecule has 2 atom stereocenters. The van der Waals surface area contributed by atoms with E-state index in [4.69, 9.17) is 5.73 Å². The second-order valence-corrected chi connectivity index (χ2v) is 4.67. The van der Waals surface area contributed by atoms with Crippen LogP contribution in [-0.4, -0.2) is 36.1 Å². The van der Waals surface area contributed by atoms with Gasteiger partial charge >= 0.3 is 5.97 Å². The first-order chi connectivity index (χ1) is 8.56. The molecule has 0 radical (unpaired) electrons. The summed E-state index contributed by atoms with van der Waals surface area (Å²) in [5, 5.41) is 5.42. The van der Waals surface area contributed by atoms with Crippen LogP contribution in [0.2, 0.25) is 0 Å². The molecule has 1 heterocycles. The van der Waals surface area contributed by atoms with E-state index in [0.29, 0.717) is 6.54 Å². The fourth-order valence-corrected chi connectivity index (χ4v) is 1.97. The van der Waals surface area contributed by atoms with E-state index in [-0.39, 0.29) is 12.5 Å². The minimum atomic E-state index is -1.27. The van der Waals surface area contributed by atoms with E-state index in [2.05, 4.69) is 15.0 Å². The molecule has 2 unspecified atom stereocenters. The zero-order valence-electron chi connectivity index (χ0n) is 10.4. The van der Waals surface area contributed by atoms with Crippen LogP contribution in [0.4, 0.5) is 0 Å². The van der Waals surface area contributed by atoms with Gasteiger partial charge in [-0.25, -0.2) is 9.78 Å². The van der Waals surface area contributed by atoms with Crippen LogP contribution in [0.1, 0.15) is 24.8 Å². The molecular weight excluding hydrogens is 254 g/mol. The smallest absolute Gasteiger partial charge is 0.332 e. The van der Waals surface area contributed by atoms with E-state index in [0.717, 1.165) is 5.01 Å². The number of nitrogens with zero attached hydrogens (tertiary/aromatic N) is 1. The predicted molar refractivity (Wildman–Crippen MR) is 68.1 cm³/mol. The van der Waals surface area contributed by atoms with Gasteiger partial charge in [0, 0.05) is 24.0 Å². The molecule has 6 nitrogen and oxygen atoms in total. The van der Waals surface area contributed by atoms with E-state index >= 15 is 0 Å². The van der Waals surface area contributed by atoms with Gasteiger partial charge in [0.2, 0.25) is 5.91 Å². The highest BCUT2D eigenvalue weighted by Crippen LogP contribution is 2.16. The molecule has 0 fully saturated rings.